The molecule has 4 nitrogen and oxygen atoms in total. The first-order chi connectivity index (χ1) is 10.1. The van der Waals surface area contributed by atoms with Crippen LogP contribution in [0.3, 0.4) is 0 Å². The molecule has 2 aliphatic rings. The lowest BCUT2D eigenvalue weighted by molar-refractivity contribution is -0.148. The van der Waals surface area contributed by atoms with Crippen LogP contribution in [0.15, 0.2) is 24.3 Å². The van der Waals surface area contributed by atoms with E-state index in [1.165, 1.54) is 27.8 Å². The van der Waals surface area contributed by atoms with Crippen LogP contribution in [0, 0.1) is 5.92 Å². The van der Waals surface area contributed by atoms with Gasteiger partial charge in [0.05, 0.1) is 5.88 Å². The lowest BCUT2D eigenvalue weighted by atomic mass is 9.82. The van der Waals surface area contributed by atoms with Gasteiger partial charge in [-0.25, -0.2) is 4.79 Å². The number of rotatable bonds is 3. The molecule has 0 spiro atoms. The molecule has 0 unspecified atom stereocenters. The Morgan fingerprint density at radius 3 is 2.81 bits per heavy atom. The Hall–Kier alpha value is -1.49. The highest BCUT2D eigenvalue weighted by Crippen LogP contribution is 2.29. The number of benzene rings is 1. The van der Waals surface area contributed by atoms with Gasteiger partial charge in [0.1, 0.15) is 6.04 Å². The molecular formula is C16H19NO3S. The molecule has 21 heavy (non-hydrogen) atoms. The second-order valence-electron chi connectivity index (χ2n) is 5.80. The Balaban J connectivity index is 1.62. The highest BCUT2D eigenvalue weighted by Gasteiger charge is 2.35. The van der Waals surface area contributed by atoms with Gasteiger partial charge in [-0.2, -0.15) is 0 Å². The molecule has 2 atom stereocenters. The lowest BCUT2D eigenvalue weighted by Gasteiger charge is -2.27. The number of nitrogens with zero attached hydrogens (tertiary/aromatic N) is 1. The van der Waals surface area contributed by atoms with Gasteiger partial charge in [-0.05, 0) is 36.3 Å². The van der Waals surface area contributed by atoms with Crippen LogP contribution in [0.25, 0.3) is 0 Å². The summed E-state index contributed by atoms with van der Waals surface area (Å²) in [5.74, 6) is 0.472. The zero-order valence-electron chi connectivity index (χ0n) is 11.8. The molecule has 1 N–H and O–H groups in total. The molecular weight excluding hydrogens is 286 g/mol. The van der Waals surface area contributed by atoms with Gasteiger partial charge >= 0.3 is 5.97 Å². The van der Waals surface area contributed by atoms with Crippen molar-refractivity contribution in [2.45, 2.75) is 31.7 Å². The van der Waals surface area contributed by atoms with Crippen LogP contribution >= 0.6 is 11.8 Å². The fourth-order valence-corrected chi connectivity index (χ4v) is 4.38. The number of thioether (sulfide) groups is 1. The third-order valence-electron chi connectivity index (χ3n) is 4.40. The highest BCUT2D eigenvalue weighted by molar-refractivity contribution is 7.99. The van der Waals surface area contributed by atoms with E-state index in [2.05, 4.69) is 18.2 Å². The van der Waals surface area contributed by atoms with Crippen LogP contribution < -0.4 is 0 Å². The van der Waals surface area contributed by atoms with Crippen molar-refractivity contribution in [3.8, 4) is 0 Å². The Bertz CT molecular complexity index is 560. The number of aliphatic carboxylic acids is 1. The smallest absolute Gasteiger partial charge is 0.327 e. The van der Waals surface area contributed by atoms with Crippen LogP contribution in [0.4, 0.5) is 0 Å². The number of hydrogen-bond donors (Lipinski definition) is 1. The van der Waals surface area contributed by atoms with E-state index in [1.807, 2.05) is 6.07 Å². The van der Waals surface area contributed by atoms with Gasteiger partial charge in [-0.15, -0.1) is 11.8 Å². The van der Waals surface area contributed by atoms with E-state index in [1.54, 1.807) is 0 Å². The molecule has 0 bridgehead atoms. The fourth-order valence-electron chi connectivity index (χ4n) is 3.20. The van der Waals surface area contributed by atoms with E-state index in [9.17, 15) is 9.59 Å². The minimum Gasteiger partial charge on any atom is -0.480 e. The summed E-state index contributed by atoms with van der Waals surface area (Å²) in [5, 5.41) is 9.16. The maximum atomic E-state index is 12.4. The SMILES string of the molecule is O=C(O)[C@@H]1CSCN1C(=O)C[C@H]1CCc2ccccc2C1. The maximum absolute atomic E-state index is 12.4. The van der Waals surface area contributed by atoms with E-state index >= 15 is 0 Å². The number of carboxylic acids is 1. The molecule has 0 saturated carbocycles. The highest BCUT2D eigenvalue weighted by atomic mass is 32.2. The van der Waals surface area contributed by atoms with Crippen molar-refractivity contribution in [1.29, 1.82) is 0 Å². The molecule has 3 rings (SSSR count). The van der Waals surface area contributed by atoms with Crippen LogP contribution in [0.5, 0.6) is 0 Å². The zero-order chi connectivity index (χ0) is 14.8. The molecule has 0 radical (unpaired) electrons. The summed E-state index contributed by atoms with van der Waals surface area (Å²) in [5.41, 5.74) is 2.73. The summed E-state index contributed by atoms with van der Waals surface area (Å²) in [4.78, 5) is 25.1. The molecule has 1 aliphatic carbocycles. The first-order valence-corrected chi connectivity index (χ1v) is 8.47. The first kappa shape index (κ1) is 14.4. The average molecular weight is 305 g/mol. The van der Waals surface area contributed by atoms with E-state index in [-0.39, 0.29) is 5.91 Å². The van der Waals surface area contributed by atoms with Gasteiger partial charge in [0.2, 0.25) is 5.91 Å². The summed E-state index contributed by atoms with van der Waals surface area (Å²) in [6, 6.07) is 7.75. The van der Waals surface area contributed by atoms with Gasteiger partial charge in [-0.3, -0.25) is 4.79 Å². The number of carboxylic acid groups (broad SMARTS) is 1. The second kappa shape index (κ2) is 6.10. The monoisotopic (exact) mass is 305 g/mol. The van der Waals surface area contributed by atoms with Crippen molar-refractivity contribution in [3.63, 3.8) is 0 Å². The number of amides is 1. The number of carbonyl (C=O) groups is 2. The predicted molar refractivity (Wildman–Crippen MR) is 82.2 cm³/mol. The number of aryl methyl sites for hydroxylation is 1. The van der Waals surface area contributed by atoms with Crippen LogP contribution in [-0.4, -0.2) is 39.6 Å². The molecule has 0 aromatic heterocycles. The van der Waals surface area contributed by atoms with Crippen molar-refractivity contribution in [2.75, 3.05) is 11.6 Å². The van der Waals surface area contributed by atoms with E-state index in [4.69, 9.17) is 5.11 Å². The van der Waals surface area contributed by atoms with Gasteiger partial charge in [0.25, 0.3) is 0 Å². The molecule has 112 valence electrons. The summed E-state index contributed by atoms with van der Waals surface area (Å²) in [6.45, 7) is 0. The molecule has 1 amide bonds. The summed E-state index contributed by atoms with van der Waals surface area (Å²) < 4.78 is 0. The van der Waals surface area contributed by atoms with Crippen molar-refractivity contribution < 1.29 is 14.7 Å². The number of carbonyl (C=O) groups excluding carboxylic acids is 1. The Kier molecular flexibility index (Phi) is 4.19. The van der Waals surface area contributed by atoms with Gasteiger partial charge in [0, 0.05) is 12.2 Å². The minimum atomic E-state index is -0.887. The third kappa shape index (κ3) is 3.07. The maximum Gasteiger partial charge on any atom is 0.327 e. The third-order valence-corrected chi connectivity index (χ3v) is 5.41. The first-order valence-electron chi connectivity index (χ1n) is 7.32. The van der Waals surface area contributed by atoms with Crippen molar-refractivity contribution in [2.24, 2.45) is 5.92 Å². The Morgan fingerprint density at radius 1 is 1.29 bits per heavy atom. The van der Waals surface area contributed by atoms with Crippen molar-refractivity contribution in [1.82, 2.24) is 4.90 Å². The number of fused-ring (bicyclic) bond motifs is 1. The fraction of sp³-hybridized carbons (Fsp3) is 0.500. The van der Waals surface area contributed by atoms with Crippen LogP contribution in [0.1, 0.15) is 24.0 Å². The normalized spacial score (nSPS) is 24.7. The second-order valence-corrected chi connectivity index (χ2v) is 6.80. The molecule has 1 aromatic rings. The minimum absolute atomic E-state index is 0.00298. The summed E-state index contributed by atoms with van der Waals surface area (Å²) >= 11 is 1.52. The quantitative estimate of drug-likeness (QED) is 0.930. The molecule has 1 aliphatic heterocycles. The topological polar surface area (TPSA) is 57.6 Å². The molecule has 1 saturated heterocycles. The summed E-state index contributed by atoms with van der Waals surface area (Å²) in [7, 11) is 0. The van der Waals surface area contributed by atoms with Gasteiger partial charge < -0.3 is 10.0 Å². The standard InChI is InChI=1S/C16H19NO3S/c18-15(17-10-21-9-14(17)16(19)20)8-11-5-6-12-3-1-2-4-13(12)7-11/h1-4,11,14H,5-10H2,(H,19,20)/t11-,14-/m0/s1. The van der Waals surface area contributed by atoms with E-state index in [0.717, 1.165) is 19.3 Å². The summed E-state index contributed by atoms with van der Waals surface area (Å²) in [6.07, 6.45) is 3.44. The predicted octanol–water partition coefficient (Wildman–Crippen LogP) is 2.17. The molecule has 1 aromatic carbocycles. The van der Waals surface area contributed by atoms with E-state index in [0.29, 0.717) is 24.0 Å². The largest absolute Gasteiger partial charge is 0.480 e. The van der Waals surface area contributed by atoms with Crippen molar-refractivity contribution >= 4 is 23.6 Å². The molecule has 5 heteroatoms. The van der Waals surface area contributed by atoms with Crippen LogP contribution in [-0.2, 0) is 22.4 Å². The van der Waals surface area contributed by atoms with E-state index < -0.39 is 12.0 Å². The van der Waals surface area contributed by atoms with Crippen molar-refractivity contribution in [3.05, 3.63) is 35.4 Å². The Labute approximate surface area is 128 Å². The number of hydrogen-bond acceptors (Lipinski definition) is 3. The van der Waals surface area contributed by atoms with Crippen LogP contribution in [0.2, 0.25) is 0 Å². The zero-order valence-corrected chi connectivity index (χ0v) is 12.6. The lowest BCUT2D eigenvalue weighted by Crippen LogP contribution is -2.42. The average Bonchev–Trinajstić information content (AvgIpc) is 2.97. The Morgan fingerprint density at radius 2 is 2.05 bits per heavy atom. The van der Waals surface area contributed by atoms with Gasteiger partial charge in [0.15, 0.2) is 0 Å². The molecule has 1 fully saturated rings. The molecule has 1 heterocycles. The van der Waals surface area contributed by atoms with Gasteiger partial charge in [-0.1, -0.05) is 24.3 Å².